The van der Waals surface area contributed by atoms with Crippen LogP contribution < -0.4 is 10.1 Å². The van der Waals surface area contributed by atoms with Gasteiger partial charge in [-0.05, 0) is 37.4 Å². The predicted molar refractivity (Wildman–Crippen MR) is 91.8 cm³/mol. The lowest BCUT2D eigenvalue weighted by Gasteiger charge is -2.21. The molecule has 25 heavy (non-hydrogen) atoms. The normalized spacial score (nSPS) is 12.0. The molecule has 0 aliphatic heterocycles. The Hall–Kier alpha value is -2.23. The molecular formula is C18H18ClF3N2O. The maximum Gasteiger partial charge on any atom is 0.416 e. The minimum atomic E-state index is -4.49. The molecular weight excluding hydrogens is 353 g/mol. The van der Waals surface area contributed by atoms with Gasteiger partial charge in [0, 0.05) is 6.42 Å². The third-order valence-corrected chi connectivity index (χ3v) is 3.53. The van der Waals surface area contributed by atoms with Crippen molar-refractivity contribution in [1.29, 1.82) is 5.26 Å². The molecule has 2 aromatic carbocycles. The summed E-state index contributed by atoms with van der Waals surface area (Å²) in [7, 11) is 1.78. The molecule has 0 radical (unpaired) electrons. The summed E-state index contributed by atoms with van der Waals surface area (Å²) in [5.41, 5.74) is 0.0827. The van der Waals surface area contributed by atoms with Crippen molar-refractivity contribution in [1.82, 2.24) is 5.32 Å². The summed E-state index contributed by atoms with van der Waals surface area (Å²) in [6, 6.07) is 14.0. The van der Waals surface area contributed by atoms with E-state index in [2.05, 4.69) is 5.32 Å². The average Bonchev–Trinajstić information content (AvgIpc) is 2.58. The molecule has 2 aromatic rings. The van der Waals surface area contributed by atoms with Crippen molar-refractivity contribution in [2.24, 2.45) is 0 Å². The summed E-state index contributed by atoms with van der Waals surface area (Å²) in [6.45, 7) is 0.625. The lowest BCUT2D eigenvalue weighted by molar-refractivity contribution is -0.137. The van der Waals surface area contributed by atoms with Crippen LogP contribution in [0.5, 0.6) is 5.75 Å². The van der Waals surface area contributed by atoms with Gasteiger partial charge in [0.1, 0.15) is 17.9 Å². The molecule has 2 rings (SSSR count). The molecule has 1 atom stereocenters. The minimum absolute atomic E-state index is 0. The molecule has 0 unspecified atom stereocenters. The third-order valence-electron chi connectivity index (χ3n) is 3.53. The van der Waals surface area contributed by atoms with E-state index in [4.69, 9.17) is 10.00 Å². The zero-order valence-electron chi connectivity index (χ0n) is 13.5. The van der Waals surface area contributed by atoms with E-state index < -0.39 is 17.8 Å². The Labute approximate surface area is 150 Å². The van der Waals surface area contributed by atoms with Crippen molar-refractivity contribution < 1.29 is 17.9 Å². The van der Waals surface area contributed by atoms with Crippen LogP contribution >= 0.6 is 12.4 Å². The standard InChI is InChI=1S/C18H17F3N2O.ClH/c1-23-10-9-16(13-5-3-2-4-6-13)24-17-11-15(18(19,20)21)8-7-14(17)12-22;/h2-8,11,16,23H,9-10H2,1H3;1H/t16-;/m1./s1. The topological polar surface area (TPSA) is 45.0 Å². The number of hydrogen-bond acceptors (Lipinski definition) is 3. The Morgan fingerprint density at radius 2 is 1.84 bits per heavy atom. The van der Waals surface area contributed by atoms with Crippen LogP contribution in [0.3, 0.4) is 0 Å². The first kappa shape index (κ1) is 20.8. The first-order valence-electron chi connectivity index (χ1n) is 7.43. The van der Waals surface area contributed by atoms with Crippen LogP contribution in [-0.4, -0.2) is 13.6 Å². The molecule has 0 aromatic heterocycles. The number of halogens is 4. The molecule has 7 heteroatoms. The fraction of sp³-hybridized carbons (Fsp3) is 0.278. The number of ether oxygens (including phenoxy) is 1. The Balaban J connectivity index is 0.00000312. The molecule has 3 nitrogen and oxygen atoms in total. The number of nitrogens with zero attached hydrogens (tertiary/aromatic N) is 1. The quantitative estimate of drug-likeness (QED) is 0.799. The van der Waals surface area contributed by atoms with Gasteiger partial charge in [-0.25, -0.2) is 0 Å². The number of rotatable bonds is 6. The van der Waals surface area contributed by atoms with Gasteiger partial charge in [-0.1, -0.05) is 30.3 Å². The number of alkyl halides is 3. The molecule has 0 fully saturated rings. The fourth-order valence-electron chi connectivity index (χ4n) is 2.28. The average molecular weight is 371 g/mol. The maximum absolute atomic E-state index is 12.9. The number of hydrogen-bond donors (Lipinski definition) is 1. The summed E-state index contributed by atoms with van der Waals surface area (Å²) >= 11 is 0. The molecule has 134 valence electrons. The van der Waals surface area contributed by atoms with E-state index in [1.54, 1.807) is 7.05 Å². The summed E-state index contributed by atoms with van der Waals surface area (Å²) in [4.78, 5) is 0. The van der Waals surface area contributed by atoms with Gasteiger partial charge in [-0.3, -0.25) is 0 Å². The van der Waals surface area contributed by atoms with Crippen molar-refractivity contribution in [2.45, 2.75) is 18.7 Å². The highest BCUT2D eigenvalue weighted by atomic mass is 35.5. The minimum Gasteiger partial charge on any atom is -0.484 e. The first-order valence-corrected chi connectivity index (χ1v) is 7.43. The molecule has 0 amide bonds. The van der Waals surface area contributed by atoms with Crippen molar-refractivity contribution in [3.8, 4) is 11.8 Å². The Bertz CT molecular complexity index is 714. The third kappa shape index (κ3) is 5.66. The van der Waals surface area contributed by atoms with E-state index in [1.807, 2.05) is 36.4 Å². The van der Waals surface area contributed by atoms with Crippen LogP contribution in [0.25, 0.3) is 0 Å². The van der Waals surface area contributed by atoms with Crippen LogP contribution in [0, 0.1) is 11.3 Å². The van der Waals surface area contributed by atoms with Crippen LogP contribution in [0.2, 0.25) is 0 Å². The molecule has 0 bridgehead atoms. The SMILES string of the molecule is CNCC[C@@H](Oc1cc(C(F)(F)F)ccc1C#N)c1ccccc1.Cl. The van der Waals surface area contributed by atoms with Gasteiger partial charge in [-0.2, -0.15) is 18.4 Å². The zero-order chi connectivity index (χ0) is 17.6. The second-order valence-electron chi connectivity index (χ2n) is 5.23. The molecule has 0 saturated heterocycles. The van der Waals surface area contributed by atoms with E-state index in [0.29, 0.717) is 13.0 Å². The monoisotopic (exact) mass is 370 g/mol. The van der Waals surface area contributed by atoms with Gasteiger partial charge in [-0.15, -0.1) is 12.4 Å². The highest BCUT2D eigenvalue weighted by Gasteiger charge is 2.31. The van der Waals surface area contributed by atoms with E-state index >= 15 is 0 Å². The highest BCUT2D eigenvalue weighted by Crippen LogP contribution is 2.35. The molecule has 0 aliphatic rings. The Morgan fingerprint density at radius 3 is 2.40 bits per heavy atom. The maximum atomic E-state index is 12.9. The Kier molecular flexibility index (Phi) is 7.75. The van der Waals surface area contributed by atoms with Gasteiger partial charge >= 0.3 is 6.18 Å². The summed E-state index contributed by atoms with van der Waals surface area (Å²) < 4.78 is 44.6. The summed E-state index contributed by atoms with van der Waals surface area (Å²) in [6.07, 6.45) is -4.38. The number of nitriles is 1. The first-order chi connectivity index (χ1) is 11.5. The van der Waals surface area contributed by atoms with Gasteiger partial charge < -0.3 is 10.1 Å². The van der Waals surface area contributed by atoms with Gasteiger partial charge in [0.25, 0.3) is 0 Å². The van der Waals surface area contributed by atoms with Crippen molar-refractivity contribution >= 4 is 12.4 Å². The van der Waals surface area contributed by atoms with E-state index in [-0.39, 0.29) is 23.7 Å². The molecule has 0 spiro atoms. The largest absolute Gasteiger partial charge is 0.484 e. The number of nitrogens with one attached hydrogen (secondary N) is 1. The lowest BCUT2D eigenvalue weighted by atomic mass is 10.1. The van der Waals surface area contributed by atoms with E-state index in [0.717, 1.165) is 23.8 Å². The predicted octanol–water partition coefficient (Wildman–Crippen LogP) is 4.73. The Morgan fingerprint density at radius 1 is 1.16 bits per heavy atom. The summed E-state index contributed by atoms with van der Waals surface area (Å²) in [5.74, 6) is -0.0581. The second-order valence-corrected chi connectivity index (χ2v) is 5.23. The van der Waals surface area contributed by atoms with Crippen LogP contribution in [0.4, 0.5) is 13.2 Å². The number of benzene rings is 2. The fourth-order valence-corrected chi connectivity index (χ4v) is 2.28. The van der Waals surface area contributed by atoms with E-state index in [9.17, 15) is 13.2 Å². The zero-order valence-corrected chi connectivity index (χ0v) is 14.3. The van der Waals surface area contributed by atoms with Crippen LogP contribution in [-0.2, 0) is 6.18 Å². The van der Waals surface area contributed by atoms with Crippen LogP contribution in [0.1, 0.15) is 29.2 Å². The second kappa shape index (κ2) is 9.30. The van der Waals surface area contributed by atoms with Gasteiger partial charge in [0.15, 0.2) is 0 Å². The highest BCUT2D eigenvalue weighted by molar-refractivity contribution is 5.85. The van der Waals surface area contributed by atoms with Gasteiger partial charge in [0.05, 0.1) is 11.1 Å². The lowest BCUT2D eigenvalue weighted by Crippen LogP contribution is -2.17. The van der Waals surface area contributed by atoms with Crippen molar-refractivity contribution in [3.05, 3.63) is 65.2 Å². The molecule has 0 heterocycles. The van der Waals surface area contributed by atoms with Crippen molar-refractivity contribution in [3.63, 3.8) is 0 Å². The molecule has 0 saturated carbocycles. The molecule has 1 N–H and O–H groups in total. The smallest absolute Gasteiger partial charge is 0.416 e. The van der Waals surface area contributed by atoms with Crippen LogP contribution in [0.15, 0.2) is 48.5 Å². The van der Waals surface area contributed by atoms with Crippen molar-refractivity contribution in [2.75, 3.05) is 13.6 Å². The molecule has 0 aliphatic carbocycles. The van der Waals surface area contributed by atoms with E-state index in [1.165, 1.54) is 0 Å². The summed E-state index contributed by atoms with van der Waals surface area (Å²) in [5, 5.41) is 12.1. The van der Waals surface area contributed by atoms with Gasteiger partial charge in [0.2, 0.25) is 0 Å².